The summed E-state index contributed by atoms with van der Waals surface area (Å²) in [7, 11) is 0. The lowest BCUT2D eigenvalue weighted by atomic mass is 10.1. The van der Waals surface area contributed by atoms with Crippen molar-refractivity contribution < 1.29 is 18.7 Å². The molecule has 9 nitrogen and oxygen atoms in total. The second kappa shape index (κ2) is 10.1. The maximum Gasteiger partial charge on any atom is 0.409 e. The molecule has 3 aromatic heterocycles. The first-order valence-corrected chi connectivity index (χ1v) is 12.3. The molecular weight excluding hydrogens is 446 g/mol. The van der Waals surface area contributed by atoms with E-state index in [1.54, 1.807) is 11.1 Å². The molecule has 0 spiro atoms. The van der Waals surface area contributed by atoms with Crippen LogP contribution in [-0.4, -0.2) is 69.4 Å². The number of ether oxygens (including phenoxy) is 1. The van der Waals surface area contributed by atoms with E-state index in [0.29, 0.717) is 56.1 Å². The number of hydrogen-bond donors (Lipinski definition) is 0. The van der Waals surface area contributed by atoms with Gasteiger partial charge in [0.1, 0.15) is 11.5 Å². The van der Waals surface area contributed by atoms with Gasteiger partial charge in [-0.1, -0.05) is 13.8 Å². The molecule has 0 saturated carbocycles. The number of aryl methyl sites for hydroxylation is 2. The van der Waals surface area contributed by atoms with E-state index in [1.807, 2.05) is 63.3 Å². The summed E-state index contributed by atoms with van der Waals surface area (Å²) in [5.74, 6) is 1.74. The Balaban J connectivity index is 1.65. The fourth-order valence-corrected chi connectivity index (χ4v) is 4.40. The van der Waals surface area contributed by atoms with Gasteiger partial charge in [-0.25, -0.2) is 14.5 Å². The van der Waals surface area contributed by atoms with Crippen LogP contribution in [0.1, 0.15) is 62.0 Å². The lowest BCUT2D eigenvalue weighted by Crippen LogP contribution is -2.38. The average Bonchev–Trinajstić information content (AvgIpc) is 3.29. The Morgan fingerprint density at radius 2 is 1.77 bits per heavy atom. The molecule has 0 unspecified atom stereocenters. The van der Waals surface area contributed by atoms with Gasteiger partial charge in [-0.05, 0) is 52.2 Å². The highest BCUT2D eigenvalue weighted by Gasteiger charge is 2.27. The maximum absolute atomic E-state index is 13.8. The predicted octanol–water partition coefficient (Wildman–Crippen LogP) is 4.83. The van der Waals surface area contributed by atoms with Crippen LogP contribution in [0.25, 0.3) is 22.3 Å². The zero-order valence-corrected chi connectivity index (χ0v) is 21.5. The summed E-state index contributed by atoms with van der Waals surface area (Å²) in [6, 6.07) is 3.88. The van der Waals surface area contributed by atoms with Gasteiger partial charge < -0.3 is 19.0 Å². The van der Waals surface area contributed by atoms with Crippen molar-refractivity contribution in [1.82, 2.24) is 24.6 Å². The van der Waals surface area contributed by atoms with E-state index >= 15 is 0 Å². The van der Waals surface area contributed by atoms with E-state index in [9.17, 15) is 9.59 Å². The van der Waals surface area contributed by atoms with Crippen LogP contribution in [0.4, 0.5) is 4.79 Å². The molecule has 4 heterocycles. The van der Waals surface area contributed by atoms with Crippen LogP contribution in [0.2, 0.25) is 0 Å². The van der Waals surface area contributed by atoms with Crippen LogP contribution in [0.5, 0.6) is 0 Å². The molecule has 188 valence electrons. The maximum atomic E-state index is 13.8. The van der Waals surface area contributed by atoms with Gasteiger partial charge in [0.15, 0.2) is 5.65 Å². The number of furan rings is 1. The Kier molecular flexibility index (Phi) is 7.14. The minimum absolute atomic E-state index is 0.0859. The molecule has 9 heteroatoms. The topological polar surface area (TPSA) is 93.7 Å². The van der Waals surface area contributed by atoms with Crippen molar-refractivity contribution in [2.75, 3.05) is 32.8 Å². The quantitative estimate of drug-likeness (QED) is 0.518. The van der Waals surface area contributed by atoms with Crippen molar-refractivity contribution in [2.45, 2.75) is 54.0 Å². The number of carbonyl (C=O) groups excluding carboxylic acids is 2. The number of aromatic nitrogens is 3. The molecule has 4 rings (SSSR count). The Morgan fingerprint density at radius 3 is 2.43 bits per heavy atom. The minimum Gasteiger partial charge on any atom is -0.466 e. The van der Waals surface area contributed by atoms with E-state index in [2.05, 4.69) is 5.10 Å². The summed E-state index contributed by atoms with van der Waals surface area (Å²) in [5, 5.41) is 5.25. The van der Waals surface area contributed by atoms with Crippen LogP contribution in [0.3, 0.4) is 0 Å². The minimum atomic E-state index is -0.314. The van der Waals surface area contributed by atoms with Crippen molar-refractivity contribution in [3.8, 4) is 11.3 Å². The summed E-state index contributed by atoms with van der Waals surface area (Å²) in [4.78, 5) is 34.6. The van der Waals surface area contributed by atoms with E-state index in [4.69, 9.17) is 14.1 Å². The Hall–Kier alpha value is -3.36. The van der Waals surface area contributed by atoms with Crippen LogP contribution < -0.4 is 0 Å². The molecule has 3 aromatic rings. The highest BCUT2D eigenvalue weighted by atomic mass is 16.6. The number of fused-ring (bicyclic) bond motifs is 1. The van der Waals surface area contributed by atoms with Gasteiger partial charge in [-0.3, -0.25) is 4.79 Å². The number of pyridine rings is 1. The fraction of sp³-hybridized carbons (Fsp3) is 0.538. The number of nitrogens with zero attached hydrogens (tertiary/aromatic N) is 5. The molecule has 0 atom stereocenters. The van der Waals surface area contributed by atoms with Gasteiger partial charge in [0.2, 0.25) is 0 Å². The van der Waals surface area contributed by atoms with Crippen molar-refractivity contribution >= 4 is 23.0 Å². The van der Waals surface area contributed by atoms with E-state index in [-0.39, 0.29) is 24.0 Å². The molecule has 0 aliphatic carbocycles. The Labute approximate surface area is 206 Å². The molecule has 35 heavy (non-hydrogen) atoms. The summed E-state index contributed by atoms with van der Waals surface area (Å²) < 4.78 is 13.0. The highest BCUT2D eigenvalue weighted by Crippen LogP contribution is 2.30. The molecule has 0 N–H and O–H groups in total. The highest BCUT2D eigenvalue weighted by molar-refractivity contribution is 6.06. The Bertz CT molecular complexity index is 1230. The predicted molar refractivity (Wildman–Crippen MR) is 133 cm³/mol. The zero-order chi connectivity index (χ0) is 25.3. The number of carbonyl (C=O) groups is 2. The monoisotopic (exact) mass is 481 g/mol. The largest absolute Gasteiger partial charge is 0.466 e. The molecule has 1 saturated heterocycles. The molecular formula is C26H35N5O4. The number of rotatable bonds is 5. The third kappa shape index (κ3) is 5.18. The number of hydrogen-bond acceptors (Lipinski definition) is 6. The van der Waals surface area contributed by atoms with Gasteiger partial charge >= 0.3 is 6.09 Å². The molecule has 1 aliphatic heterocycles. The fourth-order valence-electron chi connectivity index (χ4n) is 4.40. The van der Waals surface area contributed by atoms with Crippen molar-refractivity contribution in [1.29, 1.82) is 0 Å². The van der Waals surface area contributed by atoms with Gasteiger partial charge in [-0.15, -0.1) is 0 Å². The Morgan fingerprint density at radius 1 is 1.06 bits per heavy atom. The molecule has 0 radical (unpaired) electrons. The second-order valence-electron chi connectivity index (χ2n) is 9.91. The number of amides is 2. The van der Waals surface area contributed by atoms with Crippen molar-refractivity contribution in [2.24, 2.45) is 5.92 Å². The van der Waals surface area contributed by atoms with Crippen LogP contribution in [0.15, 0.2) is 22.7 Å². The second-order valence-corrected chi connectivity index (χ2v) is 9.91. The van der Waals surface area contributed by atoms with Crippen LogP contribution in [0, 0.1) is 19.8 Å². The first-order chi connectivity index (χ1) is 16.7. The third-order valence-corrected chi connectivity index (χ3v) is 6.18. The SMILES string of the molecule is Cc1cc(-c2cc(C(=O)N3CCCN(C(=O)OCC(C)C)CC3)c3cnn(C(C)C)c3n2)c(C)o1. The first kappa shape index (κ1) is 24.8. The molecule has 0 bridgehead atoms. The molecule has 1 fully saturated rings. The van der Waals surface area contributed by atoms with Crippen molar-refractivity contribution in [3.63, 3.8) is 0 Å². The summed E-state index contributed by atoms with van der Waals surface area (Å²) in [6.45, 7) is 14.3. The summed E-state index contributed by atoms with van der Waals surface area (Å²) in [5.41, 5.74) is 2.79. The van der Waals surface area contributed by atoms with Gasteiger partial charge in [0.25, 0.3) is 5.91 Å². The molecule has 1 aliphatic rings. The van der Waals surface area contributed by atoms with E-state index in [0.717, 1.165) is 22.5 Å². The molecule has 2 amide bonds. The lowest BCUT2D eigenvalue weighted by molar-refractivity contribution is 0.0748. The average molecular weight is 482 g/mol. The van der Waals surface area contributed by atoms with Gasteiger partial charge in [0.05, 0.1) is 29.4 Å². The standard InChI is InChI=1S/C26H35N5O4/c1-16(2)15-34-26(33)30-9-7-8-29(10-11-30)25(32)21-13-23(20-12-18(5)35-19(20)6)28-24-22(21)14-27-31(24)17(3)4/h12-14,16-17H,7-11,15H2,1-6H3. The summed E-state index contributed by atoms with van der Waals surface area (Å²) in [6.07, 6.45) is 2.10. The van der Waals surface area contributed by atoms with Crippen LogP contribution in [-0.2, 0) is 4.74 Å². The van der Waals surface area contributed by atoms with Gasteiger partial charge in [-0.2, -0.15) is 5.10 Å². The third-order valence-electron chi connectivity index (χ3n) is 6.18. The lowest BCUT2D eigenvalue weighted by Gasteiger charge is -2.22. The van der Waals surface area contributed by atoms with Crippen LogP contribution >= 0.6 is 0 Å². The normalized spacial score (nSPS) is 14.7. The van der Waals surface area contributed by atoms with Gasteiger partial charge in [0, 0.05) is 37.8 Å². The van der Waals surface area contributed by atoms with E-state index in [1.165, 1.54) is 0 Å². The summed E-state index contributed by atoms with van der Waals surface area (Å²) >= 11 is 0. The zero-order valence-electron chi connectivity index (χ0n) is 21.5. The molecule has 0 aromatic carbocycles. The van der Waals surface area contributed by atoms with E-state index < -0.39 is 0 Å². The first-order valence-electron chi connectivity index (χ1n) is 12.3. The van der Waals surface area contributed by atoms with Crippen molar-refractivity contribution in [3.05, 3.63) is 35.4 Å². The smallest absolute Gasteiger partial charge is 0.409 e.